The predicted octanol–water partition coefficient (Wildman–Crippen LogP) is 3.96. The Hall–Kier alpha value is 0.430. The Morgan fingerprint density at radius 3 is 2.09 bits per heavy atom. The van der Waals surface area contributed by atoms with Crippen LogP contribution in [0.3, 0.4) is 0 Å². The van der Waals surface area contributed by atoms with E-state index in [1.807, 2.05) is 11.3 Å². The Kier molecular flexibility index (Phi) is 2.64. The molecule has 1 aromatic rings. The van der Waals surface area contributed by atoms with Crippen LogP contribution in [-0.2, 0) is 5.41 Å². The maximum Gasteiger partial charge on any atom is 0.0685 e. The summed E-state index contributed by atoms with van der Waals surface area (Å²) >= 11 is 4.31. The van der Waals surface area contributed by atoms with E-state index in [0.29, 0.717) is 5.41 Å². The van der Waals surface area contributed by atoms with Crippen LogP contribution in [-0.4, -0.2) is 0 Å². The van der Waals surface area contributed by atoms with Gasteiger partial charge in [-0.2, -0.15) is 0 Å². The topological polar surface area (TPSA) is 0 Å². The Bertz CT molecular complexity index is 236. The average Bonchev–Trinajstić information content (AvgIpc) is 2.11. The van der Waals surface area contributed by atoms with Crippen LogP contribution >= 0.6 is 33.9 Å². The van der Waals surface area contributed by atoms with Gasteiger partial charge in [-0.05, 0) is 46.6 Å². The first-order valence-electron chi connectivity index (χ1n) is 3.67. The third-order valence-electron chi connectivity index (χ3n) is 1.60. The van der Waals surface area contributed by atoms with Gasteiger partial charge < -0.3 is 0 Å². The molecule has 0 unspecified atom stereocenters. The first-order valence-corrected chi connectivity index (χ1v) is 5.57. The zero-order chi connectivity index (χ0) is 8.65. The van der Waals surface area contributed by atoms with Crippen molar-refractivity contribution in [1.82, 2.24) is 0 Å². The van der Waals surface area contributed by atoms with E-state index in [4.69, 9.17) is 0 Å². The molecular formula is C9H13IS. The standard InChI is InChI=1S/C9H13IS/c1-6-5-7(9(2,3)4)11-8(6)10/h5H,1-4H3. The highest BCUT2D eigenvalue weighted by Crippen LogP contribution is 2.32. The second-order valence-corrected chi connectivity index (χ2v) is 6.68. The van der Waals surface area contributed by atoms with Gasteiger partial charge in [0.25, 0.3) is 0 Å². The molecule has 62 valence electrons. The van der Waals surface area contributed by atoms with E-state index < -0.39 is 0 Å². The van der Waals surface area contributed by atoms with Crippen LogP contribution in [0.4, 0.5) is 0 Å². The molecule has 2 heteroatoms. The Morgan fingerprint density at radius 1 is 1.36 bits per heavy atom. The highest BCUT2D eigenvalue weighted by atomic mass is 127. The van der Waals surface area contributed by atoms with Crippen LogP contribution in [0, 0.1) is 9.81 Å². The van der Waals surface area contributed by atoms with E-state index in [1.54, 1.807) is 0 Å². The molecule has 0 N–H and O–H groups in total. The van der Waals surface area contributed by atoms with Crippen molar-refractivity contribution in [2.75, 3.05) is 0 Å². The summed E-state index contributed by atoms with van der Waals surface area (Å²) in [6.45, 7) is 8.95. The molecular weight excluding hydrogens is 267 g/mol. The molecule has 1 rings (SSSR count). The number of halogens is 1. The fraction of sp³-hybridized carbons (Fsp3) is 0.556. The van der Waals surface area contributed by atoms with Crippen LogP contribution in [0.5, 0.6) is 0 Å². The number of hydrogen-bond donors (Lipinski definition) is 0. The van der Waals surface area contributed by atoms with E-state index in [1.165, 1.54) is 13.3 Å². The number of aryl methyl sites for hydroxylation is 1. The van der Waals surface area contributed by atoms with Crippen LogP contribution in [0.1, 0.15) is 31.2 Å². The lowest BCUT2D eigenvalue weighted by Gasteiger charge is -2.14. The van der Waals surface area contributed by atoms with Crippen molar-refractivity contribution in [1.29, 1.82) is 0 Å². The maximum absolute atomic E-state index is 2.40. The molecule has 1 aromatic heterocycles. The van der Waals surface area contributed by atoms with Crippen LogP contribution < -0.4 is 0 Å². The minimum absolute atomic E-state index is 0.318. The van der Waals surface area contributed by atoms with Crippen LogP contribution in [0.15, 0.2) is 6.07 Å². The molecule has 0 radical (unpaired) electrons. The maximum atomic E-state index is 2.40. The van der Waals surface area contributed by atoms with Crippen molar-refractivity contribution in [2.45, 2.75) is 33.1 Å². The molecule has 0 aliphatic rings. The summed E-state index contributed by atoms with van der Waals surface area (Å²) in [7, 11) is 0. The van der Waals surface area contributed by atoms with E-state index in [2.05, 4.69) is 56.4 Å². The lowest BCUT2D eigenvalue weighted by molar-refractivity contribution is 0.603. The minimum atomic E-state index is 0.318. The summed E-state index contributed by atoms with van der Waals surface area (Å²) in [5.41, 5.74) is 1.74. The van der Waals surface area contributed by atoms with E-state index in [0.717, 1.165) is 0 Å². The first kappa shape index (κ1) is 9.52. The molecule has 0 spiro atoms. The van der Waals surface area contributed by atoms with Gasteiger partial charge in [-0.25, -0.2) is 0 Å². The molecule has 0 amide bonds. The van der Waals surface area contributed by atoms with E-state index >= 15 is 0 Å². The van der Waals surface area contributed by atoms with Gasteiger partial charge in [-0.15, -0.1) is 11.3 Å². The summed E-state index contributed by atoms with van der Waals surface area (Å²) in [6, 6.07) is 2.30. The Morgan fingerprint density at radius 2 is 1.91 bits per heavy atom. The average molecular weight is 280 g/mol. The smallest absolute Gasteiger partial charge is 0.0685 e. The monoisotopic (exact) mass is 280 g/mol. The van der Waals surface area contributed by atoms with Gasteiger partial charge in [0, 0.05) is 4.88 Å². The van der Waals surface area contributed by atoms with Crippen molar-refractivity contribution in [2.24, 2.45) is 0 Å². The molecule has 11 heavy (non-hydrogen) atoms. The van der Waals surface area contributed by atoms with Crippen molar-refractivity contribution in [3.8, 4) is 0 Å². The molecule has 0 nitrogen and oxygen atoms in total. The van der Waals surface area contributed by atoms with Gasteiger partial charge in [-0.3, -0.25) is 0 Å². The second kappa shape index (κ2) is 3.05. The predicted molar refractivity (Wildman–Crippen MR) is 60.5 cm³/mol. The van der Waals surface area contributed by atoms with E-state index in [9.17, 15) is 0 Å². The number of hydrogen-bond acceptors (Lipinski definition) is 1. The second-order valence-electron chi connectivity index (χ2n) is 3.82. The third-order valence-corrected chi connectivity index (χ3v) is 4.56. The zero-order valence-corrected chi connectivity index (χ0v) is 10.3. The van der Waals surface area contributed by atoms with Crippen molar-refractivity contribution >= 4 is 33.9 Å². The summed E-state index contributed by atoms with van der Waals surface area (Å²) in [5.74, 6) is 0. The Balaban J connectivity index is 3.08. The molecule has 0 saturated carbocycles. The normalized spacial score (nSPS) is 12.1. The fourth-order valence-electron chi connectivity index (χ4n) is 0.829. The lowest BCUT2D eigenvalue weighted by Crippen LogP contribution is -2.07. The molecule has 0 aromatic carbocycles. The molecule has 0 fully saturated rings. The quantitative estimate of drug-likeness (QED) is 0.631. The summed E-state index contributed by atoms with van der Waals surface area (Å²) in [5, 5.41) is 0. The molecule has 0 aliphatic heterocycles. The summed E-state index contributed by atoms with van der Waals surface area (Å²) in [4.78, 5) is 1.49. The summed E-state index contributed by atoms with van der Waals surface area (Å²) < 4.78 is 1.42. The van der Waals surface area contributed by atoms with Gasteiger partial charge in [0.05, 0.1) is 2.88 Å². The Labute approximate surface area is 86.2 Å². The molecule has 1 heterocycles. The van der Waals surface area contributed by atoms with Gasteiger partial charge in [0.2, 0.25) is 0 Å². The van der Waals surface area contributed by atoms with Gasteiger partial charge in [-0.1, -0.05) is 20.8 Å². The van der Waals surface area contributed by atoms with Crippen molar-refractivity contribution in [3.63, 3.8) is 0 Å². The number of rotatable bonds is 0. The van der Waals surface area contributed by atoms with Crippen molar-refractivity contribution in [3.05, 3.63) is 19.4 Å². The first-order chi connectivity index (χ1) is 4.91. The van der Waals surface area contributed by atoms with E-state index in [-0.39, 0.29) is 0 Å². The van der Waals surface area contributed by atoms with Gasteiger partial charge in [0.15, 0.2) is 0 Å². The van der Waals surface area contributed by atoms with Crippen LogP contribution in [0.25, 0.3) is 0 Å². The third kappa shape index (κ3) is 2.18. The van der Waals surface area contributed by atoms with Gasteiger partial charge >= 0.3 is 0 Å². The SMILES string of the molecule is Cc1cc(C(C)(C)C)sc1I. The highest BCUT2D eigenvalue weighted by molar-refractivity contribution is 14.1. The van der Waals surface area contributed by atoms with Crippen LogP contribution in [0.2, 0.25) is 0 Å². The lowest BCUT2D eigenvalue weighted by atomic mass is 9.94. The highest BCUT2D eigenvalue weighted by Gasteiger charge is 2.16. The fourth-order valence-corrected chi connectivity index (χ4v) is 2.65. The zero-order valence-electron chi connectivity index (χ0n) is 7.36. The molecule has 0 aliphatic carbocycles. The molecule has 0 bridgehead atoms. The number of thiophene rings is 1. The molecule has 0 atom stereocenters. The minimum Gasteiger partial charge on any atom is -0.133 e. The molecule has 0 saturated heterocycles. The van der Waals surface area contributed by atoms with Gasteiger partial charge in [0.1, 0.15) is 0 Å². The largest absolute Gasteiger partial charge is 0.133 e. The summed E-state index contributed by atoms with van der Waals surface area (Å²) in [6.07, 6.45) is 0. The van der Waals surface area contributed by atoms with Crippen molar-refractivity contribution < 1.29 is 0 Å².